The van der Waals surface area contributed by atoms with E-state index in [4.69, 9.17) is 16.3 Å². The van der Waals surface area contributed by atoms with Crippen molar-refractivity contribution >= 4 is 86.2 Å². The molecule has 1 amide bonds. The molecule has 2 aromatic carbocycles. The summed E-state index contributed by atoms with van der Waals surface area (Å²) in [6.07, 6.45) is 1.69. The summed E-state index contributed by atoms with van der Waals surface area (Å²) in [5.74, 6) is 0.591. The lowest BCUT2D eigenvalue weighted by Crippen LogP contribution is -2.31. The monoisotopic (exact) mass is 614 g/mol. The highest BCUT2D eigenvalue weighted by Gasteiger charge is 2.28. The number of thioether (sulfide) groups is 1. The molecule has 136 valence electrons. The Labute approximate surface area is 187 Å². The molecule has 0 spiro atoms. The van der Waals surface area contributed by atoms with Gasteiger partial charge in [0, 0.05) is 14.2 Å². The second kappa shape index (κ2) is 8.44. The third kappa shape index (κ3) is 4.52. The van der Waals surface area contributed by atoms with E-state index < -0.39 is 0 Å². The summed E-state index contributed by atoms with van der Waals surface area (Å²) < 4.78 is 7.03. The van der Waals surface area contributed by atoms with Crippen LogP contribution in [0.5, 0.6) is 11.5 Å². The zero-order chi connectivity index (χ0) is 18.8. The van der Waals surface area contributed by atoms with E-state index in [1.807, 2.05) is 12.1 Å². The SMILES string of the molecule is COc1ccc(Cl)cc1NC1NC(=O)/C(=C/c2cc(I)cc(I)c2O)S1. The second-order valence-electron chi connectivity index (χ2n) is 5.29. The Hall–Kier alpha value is -0.850. The van der Waals surface area contributed by atoms with Gasteiger partial charge in [-0.05, 0) is 81.6 Å². The molecule has 0 radical (unpaired) electrons. The molecule has 5 nitrogen and oxygen atoms in total. The lowest BCUT2D eigenvalue weighted by molar-refractivity contribution is -0.116. The summed E-state index contributed by atoms with van der Waals surface area (Å²) in [6, 6.07) is 8.94. The maximum Gasteiger partial charge on any atom is 0.260 e. The van der Waals surface area contributed by atoms with Gasteiger partial charge in [-0.2, -0.15) is 0 Å². The van der Waals surface area contributed by atoms with Gasteiger partial charge in [-0.25, -0.2) is 0 Å². The molecule has 1 atom stereocenters. The molecule has 1 saturated heterocycles. The number of amides is 1. The highest BCUT2D eigenvalue weighted by atomic mass is 127. The number of halogens is 3. The first-order valence-electron chi connectivity index (χ1n) is 7.34. The number of carbonyl (C=O) groups excluding carboxylic acids is 1. The van der Waals surface area contributed by atoms with Gasteiger partial charge in [-0.15, -0.1) is 0 Å². The van der Waals surface area contributed by atoms with E-state index in [0.717, 1.165) is 7.14 Å². The fourth-order valence-corrected chi connectivity index (χ4v) is 5.37. The number of phenols is 1. The molecule has 1 unspecified atom stereocenters. The van der Waals surface area contributed by atoms with Crippen molar-refractivity contribution in [1.82, 2.24) is 5.32 Å². The van der Waals surface area contributed by atoms with Crippen LogP contribution in [-0.4, -0.2) is 23.6 Å². The van der Waals surface area contributed by atoms with Crippen molar-refractivity contribution in [2.24, 2.45) is 0 Å². The Kier molecular flexibility index (Phi) is 6.46. The fourth-order valence-electron chi connectivity index (χ4n) is 2.34. The van der Waals surface area contributed by atoms with Crippen molar-refractivity contribution < 1.29 is 14.6 Å². The Balaban J connectivity index is 1.83. The summed E-state index contributed by atoms with van der Waals surface area (Å²) in [6.45, 7) is 0. The van der Waals surface area contributed by atoms with Crippen LogP contribution in [0.15, 0.2) is 35.2 Å². The molecule has 1 aliphatic rings. The number of rotatable bonds is 4. The maximum absolute atomic E-state index is 12.3. The molecule has 2 aromatic rings. The van der Waals surface area contributed by atoms with Gasteiger partial charge in [0.15, 0.2) is 5.50 Å². The molecule has 0 bridgehead atoms. The Morgan fingerprint density at radius 1 is 1.35 bits per heavy atom. The van der Waals surface area contributed by atoms with E-state index in [1.165, 1.54) is 11.8 Å². The Bertz CT molecular complexity index is 908. The number of aromatic hydroxyl groups is 1. The number of carbonyl (C=O) groups is 1. The summed E-state index contributed by atoms with van der Waals surface area (Å²) in [5.41, 5.74) is 0.927. The van der Waals surface area contributed by atoms with Crippen molar-refractivity contribution in [1.29, 1.82) is 0 Å². The molecule has 1 fully saturated rings. The van der Waals surface area contributed by atoms with Crippen LogP contribution in [0.3, 0.4) is 0 Å². The van der Waals surface area contributed by atoms with Crippen molar-refractivity contribution in [2.75, 3.05) is 12.4 Å². The number of benzene rings is 2. The van der Waals surface area contributed by atoms with Gasteiger partial charge in [-0.3, -0.25) is 4.79 Å². The maximum atomic E-state index is 12.3. The fraction of sp³-hybridized carbons (Fsp3) is 0.118. The normalized spacial score (nSPS) is 18.1. The van der Waals surface area contributed by atoms with Gasteiger partial charge in [0.1, 0.15) is 11.5 Å². The van der Waals surface area contributed by atoms with Gasteiger partial charge in [0.05, 0.1) is 21.3 Å². The van der Waals surface area contributed by atoms with Gasteiger partial charge in [0.2, 0.25) is 0 Å². The van der Waals surface area contributed by atoms with Crippen molar-refractivity contribution in [3.8, 4) is 11.5 Å². The first-order valence-corrected chi connectivity index (χ1v) is 10.8. The zero-order valence-electron chi connectivity index (χ0n) is 13.3. The predicted molar refractivity (Wildman–Crippen MR) is 123 cm³/mol. The molecular formula is C17H13ClI2N2O3S. The van der Waals surface area contributed by atoms with E-state index in [2.05, 4.69) is 55.8 Å². The summed E-state index contributed by atoms with van der Waals surface area (Å²) in [7, 11) is 1.57. The number of hydrogen-bond acceptors (Lipinski definition) is 5. The van der Waals surface area contributed by atoms with Crippen molar-refractivity contribution in [3.05, 3.63) is 53.0 Å². The van der Waals surface area contributed by atoms with Gasteiger partial charge in [0.25, 0.3) is 5.91 Å². The minimum atomic E-state index is -0.370. The molecule has 26 heavy (non-hydrogen) atoms. The smallest absolute Gasteiger partial charge is 0.260 e. The topological polar surface area (TPSA) is 70.6 Å². The third-order valence-corrected chi connectivity index (χ3v) is 6.23. The van der Waals surface area contributed by atoms with Crippen molar-refractivity contribution in [2.45, 2.75) is 5.50 Å². The number of nitrogens with one attached hydrogen (secondary N) is 2. The van der Waals surface area contributed by atoms with Gasteiger partial charge < -0.3 is 20.5 Å². The summed E-state index contributed by atoms with van der Waals surface area (Å²) in [4.78, 5) is 12.8. The Morgan fingerprint density at radius 2 is 2.12 bits per heavy atom. The molecule has 3 N–H and O–H groups in total. The third-order valence-electron chi connectivity index (χ3n) is 3.52. The highest BCUT2D eigenvalue weighted by Crippen LogP contribution is 2.36. The standard InChI is InChI=1S/C17H13ClI2N2O3S/c1-25-13-3-2-9(18)6-12(13)21-17-22-16(24)14(26-17)5-8-4-10(19)7-11(20)15(8)23/h2-7,17,21,23H,1H3,(H,22,24)/b14-5-. The number of phenolic OH excluding ortho intramolecular Hbond substituents is 1. The van der Waals surface area contributed by atoms with E-state index in [9.17, 15) is 9.90 Å². The summed E-state index contributed by atoms with van der Waals surface area (Å²) >= 11 is 11.6. The zero-order valence-corrected chi connectivity index (χ0v) is 19.2. The van der Waals surface area contributed by atoms with Crippen LogP contribution in [0.4, 0.5) is 5.69 Å². The molecule has 0 aromatic heterocycles. The molecule has 0 aliphatic carbocycles. The second-order valence-corrected chi connectivity index (χ2v) is 9.29. The number of hydrogen-bond donors (Lipinski definition) is 3. The van der Waals surface area contributed by atoms with Crippen LogP contribution >= 0.6 is 68.5 Å². The number of methoxy groups -OCH3 is 1. The first-order chi connectivity index (χ1) is 12.4. The minimum absolute atomic E-state index is 0.167. The van der Waals surface area contributed by atoms with Crippen LogP contribution in [0.1, 0.15) is 5.56 Å². The Morgan fingerprint density at radius 3 is 2.85 bits per heavy atom. The minimum Gasteiger partial charge on any atom is -0.506 e. The lowest BCUT2D eigenvalue weighted by atomic mass is 10.2. The molecule has 1 aliphatic heterocycles. The summed E-state index contributed by atoms with van der Waals surface area (Å²) in [5, 5.41) is 16.8. The van der Waals surface area contributed by atoms with Crippen LogP contribution in [0.25, 0.3) is 6.08 Å². The van der Waals surface area contributed by atoms with Crippen molar-refractivity contribution in [3.63, 3.8) is 0 Å². The molecule has 0 saturated carbocycles. The average Bonchev–Trinajstić information content (AvgIpc) is 2.91. The van der Waals surface area contributed by atoms with E-state index >= 15 is 0 Å². The average molecular weight is 615 g/mol. The predicted octanol–water partition coefficient (Wildman–Crippen LogP) is 4.86. The molecular weight excluding hydrogens is 602 g/mol. The van der Waals surface area contributed by atoms with Crippen LogP contribution < -0.4 is 15.4 Å². The van der Waals surface area contributed by atoms with Gasteiger partial charge >= 0.3 is 0 Å². The number of anilines is 1. The van der Waals surface area contributed by atoms with Crippen LogP contribution in [0, 0.1) is 7.14 Å². The quantitative estimate of drug-likeness (QED) is 0.339. The van der Waals surface area contributed by atoms with E-state index in [0.29, 0.717) is 26.9 Å². The van der Waals surface area contributed by atoms with Crippen LogP contribution in [-0.2, 0) is 4.79 Å². The molecule has 9 heteroatoms. The van der Waals surface area contributed by atoms with Crippen LogP contribution in [0.2, 0.25) is 5.02 Å². The van der Waals surface area contributed by atoms with E-state index in [1.54, 1.807) is 31.4 Å². The highest BCUT2D eigenvalue weighted by molar-refractivity contribution is 14.1. The van der Waals surface area contributed by atoms with Gasteiger partial charge in [-0.1, -0.05) is 23.4 Å². The number of ether oxygens (including phenoxy) is 1. The largest absolute Gasteiger partial charge is 0.506 e. The molecule has 3 rings (SSSR count). The molecule has 1 heterocycles. The first kappa shape index (κ1) is 19.9. The lowest BCUT2D eigenvalue weighted by Gasteiger charge is -2.15. The van der Waals surface area contributed by atoms with E-state index in [-0.39, 0.29) is 17.2 Å².